The zero-order valence-corrected chi connectivity index (χ0v) is 10.4. The number of nitrogens with zero attached hydrogens (tertiary/aromatic N) is 2. The topological polar surface area (TPSA) is 62.3 Å². The molecule has 0 aliphatic carbocycles. The second-order valence-electron chi connectivity index (χ2n) is 3.60. The highest BCUT2D eigenvalue weighted by Crippen LogP contribution is 1.94. The predicted octanol–water partition coefficient (Wildman–Crippen LogP) is 0.0626. The highest BCUT2D eigenvalue weighted by molar-refractivity contribution is 7.89. The van der Waals surface area contributed by atoms with E-state index in [9.17, 15) is 8.42 Å². The number of hydrogen-bond acceptors (Lipinski definition) is 4. The molecule has 0 aliphatic heterocycles. The number of pyridine rings is 1. The second-order valence-corrected chi connectivity index (χ2v) is 5.90. The van der Waals surface area contributed by atoms with Crippen LogP contribution in [-0.4, -0.2) is 44.1 Å². The van der Waals surface area contributed by atoms with Crippen LogP contribution in [0.15, 0.2) is 24.4 Å². The summed E-state index contributed by atoms with van der Waals surface area (Å²) in [7, 11) is -0.0306. The molecule has 16 heavy (non-hydrogen) atoms. The largest absolute Gasteiger partial charge is 0.310 e. The van der Waals surface area contributed by atoms with Crippen molar-refractivity contribution < 1.29 is 8.42 Å². The molecule has 5 nitrogen and oxygen atoms in total. The lowest BCUT2D eigenvalue weighted by Crippen LogP contribution is -2.31. The molecule has 0 fully saturated rings. The Morgan fingerprint density at radius 3 is 2.69 bits per heavy atom. The van der Waals surface area contributed by atoms with E-state index in [-0.39, 0.29) is 5.75 Å². The fourth-order valence-electron chi connectivity index (χ4n) is 1.10. The summed E-state index contributed by atoms with van der Waals surface area (Å²) in [4.78, 5) is 4.13. The van der Waals surface area contributed by atoms with Crippen molar-refractivity contribution in [2.45, 2.75) is 6.54 Å². The zero-order chi connectivity index (χ0) is 12.0. The smallest absolute Gasteiger partial charge is 0.214 e. The molecule has 1 aromatic rings. The van der Waals surface area contributed by atoms with E-state index in [1.54, 1.807) is 6.20 Å². The first-order valence-electron chi connectivity index (χ1n) is 5.03. The van der Waals surface area contributed by atoms with Gasteiger partial charge in [0.25, 0.3) is 0 Å². The molecule has 90 valence electrons. The SMILES string of the molecule is CN(C)S(=O)(=O)CCNCc1ccccn1. The molecule has 0 atom stereocenters. The lowest BCUT2D eigenvalue weighted by molar-refractivity contribution is 0.517. The molecule has 0 unspecified atom stereocenters. The van der Waals surface area contributed by atoms with Crippen LogP contribution in [0.25, 0.3) is 0 Å². The van der Waals surface area contributed by atoms with E-state index in [0.717, 1.165) is 5.69 Å². The summed E-state index contributed by atoms with van der Waals surface area (Å²) in [6, 6.07) is 5.65. The first-order chi connectivity index (χ1) is 7.52. The standard InChI is InChI=1S/C10H17N3O2S/c1-13(2)16(14,15)8-7-11-9-10-5-3-4-6-12-10/h3-6,11H,7-9H2,1-2H3. The highest BCUT2D eigenvalue weighted by atomic mass is 32.2. The second kappa shape index (κ2) is 5.93. The summed E-state index contributed by atoms with van der Waals surface area (Å²) in [6.07, 6.45) is 1.72. The number of sulfonamides is 1. The van der Waals surface area contributed by atoms with Crippen LogP contribution in [0.3, 0.4) is 0 Å². The van der Waals surface area contributed by atoms with E-state index >= 15 is 0 Å². The maximum Gasteiger partial charge on any atom is 0.214 e. The summed E-state index contributed by atoms with van der Waals surface area (Å²) < 4.78 is 24.1. The van der Waals surface area contributed by atoms with Gasteiger partial charge in [0.1, 0.15) is 0 Å². The maximum atomic E-state index is 11.4. The molecule has 0 radical (unpaired) electrons. The van der Waals surface area contributed by atoms with Gasteiger partial charge in [0.15, 0.2) is 0 Å². The van der Waals surface area contributed by atoms with Crippen LogP contribution in [0.4, 0.5) is 0 Å². The number of nitrogens with one attached hydrogen (secondary N) is 1. The van der Waals surface area contributed by atoms with Crippen molar-refractivity contribution in [1.82, 2.24) is 14.6 Å². The van der Waals surface area contributed by atoms with Gasteiger partial charge >= 0.3 is 0 Å². The Kier molecular flexibility index (Phi) is 4.85. The Balaban J connectivity index is 2.28. The van der Waals surface area contributed by atoms with E-state index < -0.39 is 10.0 Å². The molecular weight excluding hydrogens is 226 g/mol. The minimum Gasteiger partial charge on any atom is -0.310 e. The van der Waals surface area contributed by atoms with Crippen LogP contribution in [-0.2, 0) is 16.6 Å². The molecule has 1 N–H and O–H groups in total. The van der Waals surface area contributed by atoms with Crippen molar-refractivity contribution in [3.8, 4) is 0 Å². The molecule has 0 saturated carbocycles. The van der Waals surface area contributed by atoms with E-state index in [2.05, 4.69) is 10.3 Å². The van der Waals surface area contributed by atoms with Gasteiger partial charge in [-0.1, -0.05) is 6.07 Å². The van der Waals surface area contributed by atoms with Crippen molar-refractivity contribution in [1.29, 1.82) is 0 Å². The Labute approximate surface area is 96.5 Å². The molecule has 0 amide bonds. The van der Waals surface area contributed by atoms with Gasteiger partial charge in [0, 0.05) is 33.4 Å². The molecule has 1 heterocycles. The van der Waals surface area contributed by atoms with Crippen LogP contribution in [0.1, 0.15) is 5.69 Å². The molecule has 0 aromatic carbocycles. The molecule has 1 aromatic heterocycles. The Morgan fingerprint density at radius 2 is 2.12 bits per heavy atom. The van der Waals surface area contributed by atoms with Gasteiger partial charge in [-0.25, -0.2) is 12.7 Å². The van der Waals surface area contributed by atoms with Crippen molar-refractivity contribution in [2.24, 2.45) is 0 Å². The predicted molar refractivity (Wildman–Crippen MR) is 63.4 cm³/mol. The molecular formula is C10H17N3O2S. The summed E-state index contributed by atoms with van der Waals surface area (Å²) in [5.74, 6) is 0.104. The van der Waals surface area contributed by atoms with Crippen LogP contribution < -0.4 is 5.32 Å². The lowest BCUT2D eigenvalue weighted by atomic mass is 10.3. The zero-order valence-electron chi connectivity index (χ0n) is 9.55. The Bertz CT molecular complexity index is 403. The maximum absolute atomic E-state index is 11.4. The van der Waals surface area contributed by atoms with Gasteiger partial charge in [-0.2, -0.15) is 0 Å². The van der Waals surface area contributed by atoms with Crippen molar-refractivity contribution in [2.75, 3.05) is 26.4 Å². The average Bonchev–Trinajstić information content (AvgIpc) is 2.26. The van der Waals surface area contributed by atoms with Crippen LogP contribution in [0.5, 0.6) is 0 Å². The summed E-state index contributed by atoms with van der Waals surface area (Å²) >= 11 is 0. The number of aromatic nitrogens is 1. The number of hydrogen-bond donors (Lipinski definition) is 1. The Morgan fingerprint density at radius 1 is 1.38 bits per heavy atom. The van der Waals surface area contributed by atoms with Gasteiger partial charge in [-0.15, -0.1) is 0 Å². The van der Waals surface area contributed by atoms with Gasteiger partial charge in [0.05, 0.1) is 11.4 Å². The number of rotatable bonds is 6. The lowest BCUT2D eigenvalue weighted by Gasteiger charge is -2.11. The fourth-order valence-corrected chi connectivity index (χ4v) is 1.87. The van der Waals surface area contributed by atoms with E-state index in [0.29, 0.717) is 13.1 Å². The molecule has 0 bridgehead atoms. The molecule has 0 spiro atoms. The molecule has 1 rings (SSSR count). The highest BCUT2D eigenvalue weighted by Gasteiger charge is 2.12. The molecule has 6 heteroatoms. The first-order valence-corrected chi connectivity index (χ1v) is 6.64. The van der Waals surface area contributed by atoms with E-state index in [4.69, 9.17) is 0 Å². The molecule has 0 saturated heterocycles. The molecule has 0 aliphatic rings. The third kappa shape index (κ3) is 4.26. The summed E-state index contributed by atoms with van der Waals surface area (Å²) in [5, 5.41) is 3.04. The van der Waals surface area contributed by atoms with E-state index in [1.807, 2.05) is 18.2 Å². The fraction of sp³-hybridized carbons (Fsp3) is 0.500. The van der Waals surface area contributed by atoms with Crippen molar-refractivity contribution >= 4 is 10.0 Å². The quantitative estimate of drug-likeness (QED) is 0.718. The van der Waals surface area contributed by atoms with Crippen LogP contribution >= 0.6 is 0 Å². The van der Waals surface area contributed by atoms with Crippen molar-refractivity contribution in [3.63, 3.8) is 0 Å². The van der Waals surface area contributed by atoms with Gasteiger partial charge in [-0.05, 0) is 12.1 Å². The van der Waals surface area contributed by atoms with Crippen LogP contribution in [0.2, 0.25) is 0 Å². The van der Waals surface area contributed by atoms with Crippen LogP contribution in [0, 0.1) is 0 Å². The normalized spacial score (nSPS) is 11.9. The first kappa shape index (κ1) is 13.1. The monoisotopic (exact) mass is 243 g/mol. The van der Waals surface area contributed by atoms with Gasteiger partial charge in [-0.3, -0.25) is 4.98 Å². The van der Waals surface area contributed by atoms with Gasteiger partial charge < -0.3 is 5.32 Å². The summed E-state index contributed by atoms with van der Waals surface area (Å²) in [5.41, 5.74) is 0.907. The third-order valence-corrected chi connectivity index (χ3v) is 3.96. The summed E-state index contributed by atoms with van der Waals surface area (Å²) in [6.45, 7) is 1.01. The average molecular weight is 243 g/mol. The van der Waals surface area contributed by atoms with Crippen molar-refractivity contribution in [3.05, 3.63) is 30.1 Å². The van der Waals surface area contributed by atoms with Gasteiger partial charge in [0.2, 0.25) is 10.0 Å². The minimum atomic E-state index is -3.10. The Hall–Kier alpha value is -0.980. The third-order valence-electron chi connectivity index (χ3n) is 2.13. The van der Waals surface area contributed by atoms with E-state index in [1.165, 1.54) is 18.4 Å². The minimum absolute atomic E-state index is 0.104.